The van der Waals surface area contributed by atoms with E-state index in [1.54, 1.807) is 7.11 Å². The molecule has 0 N–H and O–H groups in total. The molecule has 0 amide bonds. The van der Waals surface area contributed by atoms with Gasteiger partial charge in [-0.3, -0.25) is 4.79 Å². The summed E-state index contributed by atoms with van der Waals surface area (Å²) in [5.74, 6) is 1.56. The Morgan fingerprint density at radius 3 is 2.58 bits per heavy atom. The molecule has 0 spiro atoms. The fourth-order valence-electron chi connectivity index (χ4n) is 1.50. The molecule has 0 atom stereocenters. The maximum absolute atomic E-state index is 11.7. The summed E-state index contributed by atoms with van der Waals surface area (Å²) < 4.78 is 15.7. The largest absolute Gasteiger partial charge is 0.497 e. The smallest absolute Gasteiger partial charge is 0.227 e. The zero-order chi connectivity index (χ0) is 13.7. The summed E-state index contributed by atoms with van der Waals surface area (Å²) in [6.45, 7) is 0.308. The van der Waals surface area contributed by atoms with E-state index in [0.29, 0.717) is 17.7 Å². The van der Waals surface area contributed by atoms with Crippen LogP contribution in [0.5, 0.6) is 11.5 Å². The lowest BCUT2D eigenvalue weighted by Crippen LogP contribution is -2.07. The highest BCUT2D eigenvalue weighted by molar-refractivity contribution is 9.08. The van der Waals surface area contributed by atoms with E-state index in [1.807, 2.05) is 24.3 Å². The number of hydrogen-bond donors (Lipinski definition) is 0. The van der Waals surface area contributed by atoms with Gasteiger partial charge < -0.3 is 13.9 Å². The van der Waals surface area contributed by atoms with Gasteiger partial charge in [-0.25, -0.2) is 0 Å². The van der Waals surface area contributed by atoms with Crippen molar-refractivity contribution in [2.24, 2.45) is 0 Å². The van der Waals surface area contributed by atoms with Crippen molar-refractivity contribution >= 4 is 15.9 Å². The van der Waals surface area contributed by atoms with E-state index in [1.165, 1.54) is 12.3 Å². The fraction of sp³-hybridized carbons (Fsp3) is 0.214. The van der Waals surface area contributed by atoms with Crippen molar-refractivity contribution < 1.29 is 13.9 Å². The van der Waals surface area contributed by atoms with Gasteiger partial charge >= 0.3 is 0 Å². The standard InChI is InChI=1S/C14H13BrO4/c1-17-11-4-2-10(3-5-11)8-19-14-9-18-12(7-15)6-13(14)16/h2-6,9H,7-8H2,1H3. The molecule has 1 aromatic carbocycles. The molecule has 0 aliphatic heterocycles. The number of halogens is 1. The molecule has 0 bridgehead atoms. The first kappa shape index (κ1) is 13.7. The third-order valence-electron chi connectivity index (χ3n) is 2.54. The molecule has 1 aromatic heterocycles. The van der Waals surface area contributed by atoms with Crippen LogP contribution in [0.1, 0.15) is 11.3 Å². The first-order chi connectivity index (χ1) is 9.22. The molecule has 2 aromatic rings. The maximum atomic E-state index is 11.7. The molecule has 0 saturated carbocycles. The van der Waals surface area contributed by atoms with Crippen LogP contribution in [0.15, 0.2) is 45.8 Å². The van der Waals surface area contributed by atoms with Crippen molar-refractivity contribution in [3.8, 4) is 11.5 Å². The zero-order valence-electron chi connectivity index (χ0n) is 10.4. The van der Waals surface area contributed by atoms with Crippen molar-refractivity contribution in [3.05, 3.63) is 58.1 Å². The number of benzene rings is 1. The van der Waals surface area contributed by atoms with Gasteiger partial charge in [-0.1, -0.05) is 28.1 Å². The Morgan fingerprint density at radius 2 is 2.00 bits per heavy atom. The second kappa shape index (κ2) is 6.43. The quantitative estimate of drug-likeness (QED) is 0.793. The highest BCUT2D eigenvalue weighted by Gasteiger charge is 2.04. The zero-order valence-corrected chi connectivity index (χ0v) is 12.0. The van der Waals surface area contributed by atoms with Crippen LogP contribution in [-0.2, 0) is 11.9 Å². The molecule has 0 unspecified atom stereocenters. The van der Waals surface area contributed by atoms with Crippen molar-refractivity contribution in [2.75, 3.05) is 7.11 Å². The summed E-state index contributed by atoms with van der Waals surface area (Å²) in [6, 6.07) is 8.86. The van der Waals surface area contributed by atoms with Crippen LogP contribution < -0.4 is 14.9 Å². The van der Waals surface area contributed by atoms with Crippen LogP contribution in [0.3, 0.4) is 0 Å². The van der Waals surface area contributed by atoms with Gasteiger partial charge in [-0.05, 0) is 17.7 Å². The number of rotatable bonds is 5. The molecule has 100 valence electrons. The second-order valence-corrected chi connectivity index (χ2v) is 4.41. The average molecular weight is 325 g/mol. The van der Waals surface area contributed by atoms with Crippen LogP contribution in [0, 0.1) is 0 Å². The highest BCUT2D eigenvalue weighted by Crippen LogP contribution is 2.14. The highest BCUT2D eigenvalue weighted by atomic mass is 79.9. The summed E-state index contributed by atoms with van der Waals surface area (Å²) in [5.41, 5.74) is 0.763. The molecule has 0 aliphatic rings. The SMILES string of the molecule is COc1ccc(COc2coc(CBr)cc2=O)cc1. The topological polar surface area (TPSA) is 48.7 Å². The van der Waals surface area contributed by atoms with Gasteiger partial charge in [0.05, 0.1) is 12.4 Å². The molecule has 19 heavy (non-hydrogen) atoms. The van der Waals surface area contributed by atoms with E-state index >= 15 is 0 Å². The molecule has 0 saturated heterocycles. The second-order valence-electron chi connectivity index (χ2n) is 3.85. The van der Waals surface area contributed by atoms with E-state index in [2.05, 4.69) is 15.9 Å². The van der Waals surface area contributed by atoms with Crippen molar-refractivity contribution in [2.45, 2.75) is 11.9 Å². The predicted octanol–water partition coefficient (Wildman–Crippen LogP) is 3.12. The Morgan fingerprint density at radius 1 is 1.26 bits per heavy atom. The first-order valence-electron chi connectivity index (χ1n) is 5.66. The van der Waals surface area contributed by atoms with E-state index in [0.717, 1.165) is 11.3 Å². The summed E-state index contributed by atoms with van der Waals surface area (Å²) in [5, 5.41) is 0.501. The molecule has 0 radical (unpaired) electrons. The van der Waals surface area contributed by atoms with Crippen LogP contribution in [0.25, 0.3) is 0 Å². The Labute approximate surface area is 119 Å². The van der Waals surface area contributed by atoms with Gasteiger partial charge in [0.2, 0.25) is 11.2 Å². The van der Waals surface area contributed by atoms with E-state index in [9.17, 15) is 4.79 Å². The molecule has 0 fully saturated rings. The number of ether oxygens (including phenoxy) is 2. The van der Waals surface area contributed by atoms with Crippen LogP contribution >= 0.6 is 15.9 Å². The van der Waals surface area contributed by atoms with Gasteiger partial charge in [-0.2, -0.15) is 0 Å². The Kier molecular flexibility index (Phi) is 4.63. The summed E-state index contributed by atoms with van der Waals surface area (Å²) in [4.78, 5) is 11.7. The minimum absolute atomic E-state index is 0.186. The van der Waals surface area contributed by atoms with E-state index < -0.39 is 0 Å². The van der Waals surface area contributed by atoms with Gasteiger partial charge in [0, 0.05) is 6.07 Å². The molecule has 4 nitrogen and oxygen atoms in total. The lowest BCUT2D eigenvalue weighted by molar-refractivity contribution is 0.290. The molecule has 1 heterocycles. The lowest BCUT2D eigenvalue weighted by Gasteiger charge is -2.06. The van der Waals surface area contributed by atoms with Gasteiger partial charge in [0.1, 0.15) is 24.4 Å². The first-order valence-corrected chi connectivity index (χ1v) is 6.78. The Bertz CT molecular complexity index is 589. The van der Waals surface area contributed by atoms with Crippen molar-refractivity contribution in [3.63, 3.8) is 0 Å². The molecule has 5 heteroatoms. The van der Waals surface area contributed by atoms with Gasteiger partial charge in [0.15, 0.2) is 0 Å². The van der Waals surface area contributed by atoms with Crippen molar-refractivity contribution in [1.29, 1.82) is 0 Å². The lowest BCUT2D eigenvalue weighted by atomic mass is 10.2. The van der Waals surface area contributed by atoms with Crippen LogP contribution in [-0.4, -0.2) is 7.11 Å². The van der Waals surface area contributed by atoms with Gasteiger partial charge in [0.25, 0.3) is 0 Å². The van der Waals surface area contributed by atoms with Crippen LogP contribution in [0.2, 0.25) is 0 Å². The van der Waals surface area contributed by atoms with E-state index in [-0.39, 0.29) is 11.2 Å². The summed E-state index contributed by atoms with van der Waals surface area (Å²) >= 11 is 3.22. The van der Waals surface area contributed by atoms with Crippen molar-refractivity contribution in [1.82, 2.24) is 0 Å². The third-order valence-corrected chi connectivity index (χ3v) is 3.09. The molecular formula is C14H13BrO4. The number of hydrogen-bond acceptors (Lipinski definition) is 4. The summed E-state index contributed by atoms with van der Waals surface area (Å²) in [7, 11) is 1.61. The van der Waals surface area contributed by atoms with E-state index in [4.69, 9.17) is 13.9 Å². The predicted molar refractivity (Wildman–Crippen MR) is 74.9 cm³/mol. The molecular weight excluding hydrogens is 312 g/mol. The fourth-order valence-corrected chi connectivity index (χ4v) is 1.79. The minimum Gasteiger partial charge on any atom is -0.497 e. The Balaban J connectivity index is 2.03. The normalized spacial score (nSPS) is 10.2. The average Bonchev–Trinajstić information content (AvgIpc) is 2.46. The van der Waals surface area contributed by atoms with Gasteiger partial charge in [-0.15, -0.1) is 0 Å². The van der Waals surface area contributed by atoms with Crippen LogP contribution in [0.4, 0.5) is 0 Å². The third kappa shape index (κ3) is 3.61. The molecule has 2 rings (SSSR count). The Hall–Kier alpha value is -1.75. The monoisotopic (exact) mass is 324 g/mol. The summed E-state index contributed by atoms with van der Waals surface area (Å²) in [6.07, 6.45) is 1.34. The number of methoxy groups -OCH3 is 1. The minimum atomic E-state index is -0.186. The molecule has 0 aliphatic carbocycles. The number of alkyl halides is 1. The maximum Gasteiger partial charge on any atom is 0.227 e.